The first-order chi connectivity index (χ1) is 6.20. The summed E-state index contributed by atoms with van der Waals surface area (Å²) in [4.78, 5) is 0. The Bertz CT molecular complexity index is 186. The van der Waals surface area contributed by atoms with Crippen LogP contribution >= 0.6 is 7.60 Å². The van der Waals surface area contributed by atoms with Gasteiger partial charge in [0, 0.05) is 39.9 Å². The van der Waals surface area contributed by atoms with Crippen LogP contribution in [0.25, 0.3) is 0 Å². The molecular formula is C7H17N2O3P. The molecule has 0 aromatic heterocycles. The van der Waals surface area contributed by atoms with E-state index in [2.05, 4.69) is 10.6 Å². The Morgan fingerprint density at radius 2 is 2.08 bits per heavy atom. The standard InChI is InChI=1S/C7H17N2O3P/c1-11-13(10,12-2)6-7-5-8-3-4-9-7/h7-9H,3-6H2,1-2H3. The van der Waals surface area contributed by atoms with Crippen LogP contribution in [0.1, 0.15) is 0 Å². The minimum Gasteiger partial charge on any atom is -0.314 e. The monoisotopic (exact) mass is 208 g/mol. The summed E-state index contributed by atoms with van der Waals surface area (Å²) >= 11 is 0. The van der Waals surface area contributed by atoms with Gasteiger partial charge in [-0.2, -0.15) is 0 Å². The molecule has 0 aromatic rings. The van der Waals surface area contributed by atoms with Crippen molar-refractivity contribution in [1.29, 1.82) is 0 Å². The largest absolute Gasteiger partial charge is 0.331 e. The third-order valence-electron chi connectivity index (χ3n) is 2.13. The summed E-state index contributed by atoms with van der Waals surface area (Å²) in [5.41, 5.74) is 0. The van der Waals surface area contributed by atoms with Gasteiger partial charge in [0.15, 0.2) is 0 Å². The maximum atomic E-state index is 11.7. The summed E-state index contributed by atoms with van der Waals surface area (Å²) < 4.78 is 21.4. The van der Waals surface area contributed by atoms with E-state index >= 15 is 0 Å². The van der Waals surface area contributed by atoms with Crippen molar-refractivity contribution in [2.75, 3.05) is 40.0 Å². The van der Waals surface area contributed by atoms with E-state index in [0.29, 0.717) is 6.16 Å². The van der Waals surface area contributed by atoms with E-state index in [4.69, 9.17) is 9.05 Å². The van der Waals surface area contributed by atoms with E-state index in [-0.39, 0.29) is 6.04 Å². The molecule has 1 saturated heterocycles. The van der Waals surface area contributed by atoms with Gasteiger partial charge < -0.3 is 19.7 Å². The highest BCUT2D eigenvalue weighted by atomic mass is 31.2. The summed E-state index contributed by atoms with van der Waals surface area (Å²) in [6.45, 7) is 2.68. The van der Waals surface area contributed by atoms with Gasteiger partial charge in [0.1, 0.15) is 0 Å². The second-order valence-electron chi connectivity index (χ2n) is 3.01. The fourth-order valence-corrected chi connectivity index (χ4v) is 2.58. The number of hydrogen-bond acceptors (Lipinski definition) is 5. The Morgan fingerprint density at radius 1 is 1.38 bits per heavy atom. The Labute approximate surface area is 78.7 Å². The summed E-state index contributed by atoms with van der Waals surface area (Å²) in [5.74, 6) is 0. The van der Waals surface area contributed by atoms with Gasteiger partial charge in [-0.1, -0.05) is 0 Å². The zero-order valence-corrected chi connectivity index (χ0v) is 8.97. The van der Waals surface area contributed by atoms with E-state index in [1.54, 1.807) is 0 Å². The Morgan fingerprint density at radius 3 is 2.54 bits per heavy atom. The van der Waals surface area contributed by atoms with Gasteiger partial charge in [0.2, 0.25) is 0 Å². The van der Waals surface area contributed by atoms with Crippen molar-refractivity contribution in [2.45, 2.75) is 6.04 Å². The van der Waals surface area contributed by atoms with Crippen molar-refractivity contribution in [3.8, 4) is 0 Å². The Balaban J connectivity index is 2.40. The highest BCUT2D eigenvalue weighted by molar-refractivity contribution is 7.53. The molecular weight excluding hydrogens is 191 g/mol. The van der Waals surface area contributed by atoms with Gasteiger partial charge in [-0.15, -0.1) is 0 Å². The second kappa shape index (κ2) is 5.08. The average molecular weight is 208 g/mol. The normalized spacial score (nSPS) is 24.6. The number of piperazine rings is 1. The molecule has 0 aromatic carbocycles. The fourth-order valence-electron chi connectivity index (χ4n) is 1.34. The van der Waals surface area contributed by atoms with Crippen molar-refractivity contribution in [1.82, 2.24) is 10.6 Å². The lowest BCUT2D eigenvalue weighted by Gasteiger charge is -2.26. The van der Waals surface area contributed by atoms with Crippen LogP contribution in [0.3, 0.4) is 0 Å². The molecule has 0 amide bonds. The predicted molar refractivity (Wildman–Crippen MR) is 51.2 cm³/mol. The van der Waals surface area contributed by atoms with Crippen molar-refractivity contribution < 1.29 is 13.6 Å². The summed E-state index contributed by atoms with van der Waals surface area (Å²) in [6, 6.07) is 0.180. The zero-order valence-electron chi connectivity index (χ0n) is 8.08. The molecule has 78 valence electrons. The summed E-state index contributed by atoms with van der Waals surface area (Å²) in [7, 11) is -0.0177. The molecule has 5 nitrogen and oxygen atoms in total. The lowest BCUT2D eigenvalue weighted by Crippen LogP contribution is -2.50. The molecule has 0 radical (unpaired) electrons. The molecule has 13 heavy (non-hydrogen) atoms. The van der Waals surface area contributed by atoms with Gasteiger partial charge in [0.05, 0.1) is 6.16 Å². The summed E-state index contributed by atoms with van der Waals surface area (Å²) in [6.07, 6.45) is 0.424. The predicted octanol–water partition coefficient (Wildman–Crippen LogP) is 0.0337. The molecule has 1 unspecified atom stereocenters. The van der Waals surface area contributed by atoms with E-state index in [9.17, 15) is 4.57 Å². The topological polar surface area (TPSA) is 59.6 Å². The first-order valence-corrected chi connectivity index (χ1v) is 6.07. The molecule has 1 atom stereocenters. The molecule has 6 heteroatoms. The van der Waals surface area contributed by atoms with Gasteiger partial charge in [-0.25, -0.2) is 0 Å². The van der Waals surface area contributed by atoms with Crippen LogP contribution in [0.4, 0.5) is 0 Å². The van der Waals surface area contributed by atoms with Crippen LogP contribution < -0.4 is 10.6 Å². The maximum Gasteiger partial charge on any atom is 0.331 e. The Kier molecular flexibility index (Phi) is 4.35. The summed E-state index contributed by atoms with van der Waals surface area (Å²) in [5, 5.41) is 6.46. The molecule has 1 rings (SSSR count). The van der Waals surface area contributed by atoms with Crippen molar-refractivity contribution in [2.24, 2.45) is 0 Å². The molecule has 1 aliphatic rings. The van der Waals surface area contributed by atoms with Gasteiger partial charge in [-0.3, -0.25) is 4.57 Å². The molecule has 0 spiro atoms. The van der Waals surface area contributed by atoms with Crippen molar-refractivity contribution in [3.63, 3.8) is 0 Å². The van der Waals surface area contributed by atoms with Crippen LogP contribution in [0, 0.1) is 0 Å². The quantitative estimate of drug-likeness (QED) is 0.638. The molecule has 0 aliphatic carbocycles. The SMILES string of the molecule is COP(=O)(CC1CNCCN1)OC. The van der Waals surface area contributed by atoms with E-state index in [1.165, 1.54) is 14.2 Å². The molecule has 1 fully saturated rings. The lowest BCUT2D eigenvalue weighted by molar-refractivity contribution is 0.269. The van der Waals surface area contributed by atoms with Gasteiger partial charge in [0.25, 0.3) is 0 Å². The molecule has 2 N–H and O–H groups in total. The van der Waals surface area contributed by atoms with E-state index in [1.807, 2.05) is 0 Å². The van der Waals surface area contributed by atoms with Crippen LogP contribution in [-0.2, 0) is 13.6 Å². The Hall–Kier alpha value is 0.0700. The fraction of sp³-hybridized carbons (Fsp3) is 1.00. The number of rotatable bonds is 4. The third kappa shape index (κ3) is 3.37. The number of nitrogens with one attached hydrogen (secondary N) is 2. The highest BCUT2D eigenvalue weighted by Crippen LogP contribution is 2.46. The molecule has 1 heterocycles. The minimum atomic E-state index is -2.85. The maximum absolute atomic E-state index is 11.7. The van der Waals surface area contributed by atoms with Crippen LogP contribution in [0.5, 0.6) is 0 Å². The van der Waals surface area contributed by atoms with E-state index < -0.39 is 7.60 Å². The molecule has 1 aliphatic heterocycles. The molecule has 0 saturated carbocycles. The zero-order chi connectivity index (χ0) is 9.73. The van der Waals surface area contributed by atoms with Crippen molar-refractivity contribution in [3.05, 3.63) is 0 Å². The lowest BCUT2D eigenvalue weighted by atomic mass is 10.3. The average Bonchev–Trinajstić information content (AvgIpc) is 2.19. The first kappa shape index (κ1) is 11.1. The first-order valence-electron chi connectivity index (χ1n) is 4.35. The van der Waals surface area contributed by atoms with Gasteiger partial charge >= 0.3 is 7.60 Å². The smallest absolute Gasteiger partial charge is 0.314 e. The van der Waals surface area contributed by atoms with Crippen LogP contribution in [0.15, 0.2) is 0 Å². The highest BCUT2D eigenvalue weighted by Gasteiger charge is 2.27. The van der Waals surface area contributed by atoms with Gasteiger partial charge in [-0.05, 0) is 0 Å². The number of hydrogen-bond donors (Lipinski definition) is 2. The van der Waals surface area contributed by atoms with E-state index in [0.717, 1.165) is 19.6 Å². The van der Waals surface area contributed by atoms with Crippen LogP contribution in [0.2, 0.25) is 0 Å². The van der Waals surface area contributed by atoms with Crippen LogP contribution in [-0.4, -0.2) is 46.1 Å². The minimum absolute atomic E-state index is 0.180. The second-order valence-corrected chi connectivity index (χ2v) is 5.33. The third-order valence-corrected chi connectivity index (χ3v) is 4.13. The molecule has 0 bridgehead atoms. The van der Waals surface area contributed by atoms with Crippen molar-refractivity contribution >= 4 is 7.60 Å².